The van der Waals surface area contributed by atoms with Crippen LogP contribution in [0.2, 0.25) is 0 Å². The number of benzene rings is 1. The molecule has 0 aliphatic rings. The van der Waals surface area contributed by atoms with Crippen LogP contribution in [0.25, 0.3) is 10.4 Å². The van der Waals surface area contributed by atoms with E-state index < -0.39 is 11.7 Å². The van der Waals surface area contributed by atoms with E-state index in [1.807, 2.05) is 6.07 Å². The Morgan fingerprint density at radius 3 is 2.42 bits per heavy atom. The number of nitriles is 1. The van der Waals surface area contributed by atoms with Gasteiger partial charge in [-0.15, -0.1) is 11.3 Å². The molecule has 0 radical (unpaired) electrons. The SMILES string of the molecule is Cc1c(-c2ccccc2C(F)(F)F)sc(C#N)c1N. The molecule has 0 aliphatic heterocycles. The number of thiophene rings is 1. The molecule has 0 fully saturated rings. The summed E-state index contributed by atoms with van der Waals surface area (Å²) in [6.07, 6.45) is -4.44. The maximum atomic E-state index is 13.0. The van der Waals surface area contributed by atoms with E-state index in [-0.39, 0.29) is 16.1 Å². The van der Waals surface area contributed by atoms with Gasteiger partial charge in [-0.25, -0.2) is 0 Å². The molecule has 2 aromatic rings. The summed E-state index contributed by atoms with van der Waals surface area (Å²) in [6.45, 7) is 1.62. The first-order valence-corrected chi connectivity index (χ1v) is 6.13. The van der Waals surface area contributed by atoms with Crippen LogP contribution in [0.3, 0.4) is 0 Å². The van der Waals surface area contributed by atoms with Crippen molar-refractivity contribution in [2.45, 2.75) is 13.1 Å². The standard InChI is InChI=1S/C13H9F3N2S/c1-7-11(18)10(6-17)19-12(7)8-4-2-3-5-9(8)13(14,15)16/h2-5H,18H2,1H3. The van der Waals surface area contributed by atoms with Crippen molar-refractivity contribution < 1.29 is 13.2 Å². The fraction of sp³-hybridized carbons (Fsp3) is 0.154. The van der Waals surface area contributed by atoms with Gasteiger partial charge in [-0.3, -0.25) is 0 Å². The number of nitrogen functional groups attached to an aromatic ring is 1. The number of rotatable bonds is 1. The Bertz CT molecular complexity index is 666. The van der Waals surface area contributed by atoms with E-state index in [4.69, 9.17) is 11.0 Å². The first-order chi connectivity index (χ1) is 8.86. The zero-order valence-corrected chi connectivity index (χ0v) is 10.7. The lowest BCUT2D eigenvalue weighted by molar-refractivity contribution is -0.137. The minimum atomic E-state index is -4.44. The number of nitrogens with zero attached hydrogens (tertiary/aromatic N) is 1. The first kappa shape index (κ1) is 13.4. The fourth-order valence-electron chi connectivity index (χ4n) is 1.79. The molecule has 1 aromatic heterocycles. The molecule has 2 rings (SSSR count). The van der Waals surface area contributed by atoms with Crippen LogP contribution in [-0.2, 0) is 6.18 Å². The second kappa shape index (κ2) is 4.59. The molecule has 0 saturated heterocycles. The Morgan fingerprint density at radius 1 is 1.26 bits per heavy atom. The number of alkyl halides is 3. The van der Waals surface area contributed by atoms with Gasteiger partial charge in [0.2, 0.25) is 0 Å². The van der Waals surface area contributed by atoms with E-state index in [0.717, 1.165) is 17.4 Å². The van der Waals surface area contributed by atoms with Crippen LogP contribution >= 0.6 is 11.3 Å². The molecular formula is C13H9F3N2S. The molecule has 98 valence electrons. The van der Waals surface area contributed by atoms with Crippen LogP contribution in [0, 0.1) is 18.3 Å². The van der Waals surface area contributed by atoms with E-state index in [1.54, 1.807) is 6.92 Å². The number of hydrogen-bond acceptors (Lipinski definition) is 3. The highest BCUT2D eigenvalue weighted by molar-refractivity contribution is 7.16. The Labute approximate surface area is 111 Å². The van der Waals surface area contributed by atoms with Gasteiger partial charge in [0.1, 0.15) is 10.9 Å². The van der Waals surface area contributed by atoms with Crippen LogP contribution in [0.1, 0.15) is 16.0 Å². The maximum Gasteiger partial charge on any atom is 0.417 e. The van der Waals surface area contributed by atoms with Crippen molar-refractivity contribution in [1.82, 2.24) is 0 Å². The lowest BCUT2D eigenvalue weighted by Gasteiger charge is -2.12. The van der Waals surface area contributed by atoms with Gasteiger partial charge in [-0.05, 0) is 18.6 Å². The topological polar surface area (TPSA) is 49.8 Å². The highest BCUT2D eigenvalue weighted by Crippen LogP contribution is 2.43. The Hall–Kier alpha value is -2.00. The monoisotopic (exact) mass is 282 g/mol. The molecule has 0 spiro atoms. The van der Waals surface area contributed by atoms with Gasteiger partial charge in [0.05, 0.1) is 11.3 Å². The van der Waals surface area contributed by atoms with Gasteiger partial charge >= 0.3 is 6.18 Å². The summed E-state index contributed by atoms with van der Waals surface area (Å²) in [7, 11) is 0. The normalized spacial score (nSPS) is 11.3. The molecule has 0 amide bonds. The van der Waals surface area contributed by atoms with Crippen LogP contribution in [-0.4, -0.2) is 0 Å². The van der Waals surface area contributed by atoms with E-state index >= 15 is 0 Å². The Kier molecular flexibility index (Phi) is 3.25. The van der Waals surface area contributed by atoms with Crippen molar-refractivity contribution in [3.63, 3.8) is 0 Å². The molecule has 1 aromatic carbocycles. The summed E-state index contributed by atoms with van der Waals surface area (Å²) < 4.78 is 38.9. The summed E-state index contributed by atoms with van der Waals surface area (Å²) in [6, 6.07) is 7.18. The molecule has 0 bridgehead atoms. The van der Waals surface area contributed by atoms with E-state index in [2.05, 4.69) is 0 Å². The summed E-state index contributed by atoms with van der Waals surface area (Å²) in [4.78, 5) is 0.631. The Balaban J connectivity index is 2.71. The zero-order valence-electron chi connectivity index (χ0n) is 9.88. The fourth-order valence-corrected chi connectivity index (χ4v) is 2.86. The van der Waals surface area contributed by atoms with Crippen molar-refractivity contribution in [1.29, 1.82) is 5.26 Å². The number of nitrogens with two attached hydrogens (primary N) is 1. The molecule has 6 heteroatoms. The molecule has 0 atom stereocenters. The number of hydrogen-bond donors (Lipinski definition) is 1. The van der Waals surface area contributed by atoms with Crippen molar-refractivity contribution in [3.05, 3.63) is 40.3 Å². The van der Waals surface area contributed by atoms with E-state index in [0.29, 0.717) is 10.4 Å². The van der Waals surface area contributed by atoms with Gasteiger partial charge in [0.15, 0.2) is 0 Å². The van der Waals surface area contributed by atoms with Gasteiger partial charge in [0, 0.05) is 10.4 Å². The van der Waals surface area contributed by atoms with E-state index in [1.165, 1.54) is 18.2 Å². The van der Waals surface area contributed by atoms with Crippen LogP contribution in [0.4, 0.5) is 18.9 Å². The number of anilines is 1. The summed E-state index contributed by atoms with van der Waals surface area (Å²) in [5, 5.41) is 8.89. The third-order valence-electron chi connectivity index (χ3n) is 2.77. The summed E-state index contributed by atoms with van der Waals surface area (Å²) >= 11 is 0.983. The van der Waals surface area contributed by atoms with E-state index in [9.17, 15) is 13.2 Å². The lowest BCUT2D eigenvalue weighted by Crippen LogP contribution is -2.06. The third kappa shape index (κ3) is 2.29. The minimum Gasteiger partial charge on any atom is -0.397 e. The average molecular weight is 282 g/mol. The largest absolute Gasteiger partial charge is 0.417 e. The van der Waals surface area contributed by atoms with Gasteiger partial charge in [-0.2, -0.15) is 18.4 Å². The predicted octanol–water partition coefficient (Wildman–Crippen LogP) is 4.20. The molecule has 2 N–H and O–H groups in total. The summed E-state index contributed by atoms with van der Waals surface area (Å²) in [5.74, 6) is 0. The van der Waals surface area contributed by atoms with Crippen LogP contribution < -0.4 is 5.73 Å². The van der Waals surface area contributed by atoms with Crippen molar-refractivity contribution in [2.75, 3.05) is 5.73 Å². The second-order valence-electron chi connectivity index (χ2n) is 3.95. The van der Waals surface area contributed by atoms with Crippen molar-refractivity contribution in [2.24, 2.45) is 0 Å². The zero-order chi connectivity index (χ0) is 14.2. The summed E-state index contributed by atoms with van der Waals surface area (Å²) in [5.41, 5.74) is 5.82. The van der Waals surface area contributed by atoms with Crippen LogP contribution in [0.5, 0.6) is 0 Å². The second-order valence-corrected chi connectivity index (χ2v) is 4.97. The molecule has 0 aliphatic carbocycles. The lowest BCUT2D eigenvalue weighted by atomic mass is 10.0. The van der Waals surface area contributed by atoms with Gasteiger partial charge in [0.25, 0.3) is 0 Å². The van der Waals surface area contributed by atoms with Crippen LogP contribution in [0.15, 0.2) is 24.3 Å². The molecule has 19 heavy (non-hydrogen) atoms. The van der Waals surface area contributed by atoms with Crippen molar-refractivity contribution >= 4 is 17.0 Å². The van der Waals surface area contributed by atoms with Gasteiger partial charge in [-0.1, -0.05) is 18.2 Å². The third-order valence-corrected chi connectivity index (χ3v) is 4.02. The highest BCUT2D eigenvalue weighted by atomic mass is 32.1. The molecule has 0 unspecified atom stereocenters. The predicted molar refractivity (Wildman–Crippen MR) is 68.6 cm³/mol. The Morgan fingerprint density at radius 2 is 1.89 bits per heavy atom. The molecule has 1 heterocycles. The van der Waals surface area contributed by atoms with Crippen molar-refractivity contribution in [3.8, 4) is 16.5 Å². The smallest absolute Gasteiger partial charge is 0.397 e. The average Bonchev–Trinajstić information content (AvgIpc) is 2.65. The quantitative estimate of drug-likeness (QED) is 0.852. The molecule has 2 nitrogen and oxygen atoms in total. The van der Waals surface area contributed by atoms with Gasteiger partial charge < -0.3 is 5.73 Å². The molecular weight excluding hydrogens is 273 g/mol. The minimum absolute atomic E-state index is 0.0608. The first-order valence-electron chi connectivity index (χ1n) is 5.31. The number of halogens is 3. The molecule has 0 saturated carbocycles. The highest BCUT2D eigenvalue weighted by Gasteiger charge is 2.34. The maximum absolute atomic E-state index is 13.0.